The molecule has 3 nitrogen and oxygen atoms in total. The molecule has 108 valence electrons. The predicted molar refractivity (Wildman–Crippen MR) is 77.2 cm³/mol. The molecule has 0 saturated carbocycles. The van der Waals surface area contributed by atoms with Gasteiger partial charge in [-0.15, -0.1) is 6.58 Å². The van der Waals surface area contributed by atoms with Gasteiger partial charge < -0.3 is 14.2 Å². The summed E-state index contributed by atoms with van der Waals surface area (Å²) in [6, 6.07) is 10.1. The Morgan fingerprint density at radius 2 is 2.00 bits per heavy atom. The number of rotatable bonds is 2. The van der Waals surface area contributed by atoms with Gasteiger partial charge in [0.25, 0.3) is 0 Å². The fraction of sp³-hybridized carbons (Fsp3) is 0.529. The first-order valence-electron chi connectivity index (χ1n) is 7.26. The van der Waals surface area contributed by atoms with Crippen LogP contribution in [0.25, 0.3) is 0 Å². The Balaban J connectivity index is 1.85. The van der Waals surface area contributed by atoms with Crippen molar-refractivity contribution in [3.8, 4) is 0 Å². The molecular formula is C17H22O3. The summed E-state index contributed by atoms with van der Waals surface area (Å²) in [5.41, 5.74) is 0.549. The number of benzene rings is 1. The van der Waals surface area contributed by atoms with E-state index in [0.29, 0.717) is 18.4 Å². The van der Waals surface area contributed by atoms with E-state index < -0.39 is 5.60 Å². The summed E-state index contributed by atoms with van der Waals surface area (Å²) in [7, 11) is 0. The molecule has 3 heteroatoms. The van der Waals surface area contributed by atoms with E-state index >= 15 is 0 Å². The lowest BCUT2D eigenvalue weighted by atomic mass is 9.78. The lowest BCUT2D eigenvalue weighted by Crippen LogP contribution is -2.60. The summed E-state index contributed by atoms with van der Waals surface area (Å²) in [5, 5.41) is 0. The third kappa shape index (κ3) is 2.20. The molecule has 2 heterocycles. The topological polar surface area (TPSA) is 27.7 Å². The maximum absolute atomic E-state index is 6.23. The molecule has 1 aromatic carbocycles. The van der Waals surface area contributed by atoms with Gasteiger partial charge in [-0.2, -0.15) is 0 Å². The van der Waals surface area contributed by atoms with E-state index in [1.165, 1.54) is 0 Å². The fourth-order valence-electron chi connectivity index (χ4n) is 3.02. The molecule has 0 aromatic heterocycles. The quantitative estimate of drug-likeness (QED) is 0.774. The zero-order chi connectivity index (χ0) is 14.2. The van der Waals surface area contributed by atoms with Crippen LogP contribution >= 0.6 is 0 Å². The average molecular weight is 274 g/mol. The van der Waals surface area contributed by atoms with Crippen LogP contribution < -0.4 is 0 Å². The van der Waals surface area contributed by atoms with Crippen molar-refractivity contribution in [3.63, 3.8) is 0 Å². The number of hydrogen-bond donors (Lipinski definition) is 0. The first-order valence-corrected chi connectivity index (χ1v) is 7.26. The van der Waals surface area contributed by atoms with Crippen LogP contribution in [0.5, 0.6) is 0 Å². The van der Waals surface area contributed by atoms with Crippen molar-refractivity contribution in [2.75, 3.05) is 13.2 Å². The SMILES string of the molecule is C=CC12COC(c3ccccc3)OC1C(C)C(C)CO2. The fourth-order valence-corrected chi connectivity index (χ4v) is 3.02. The van der Waals surface area contributed by atoms with Gasteiger partial charge in [-0.1, -0.05) is 50.3 Å². The van der Waals surface area contributed by atoms with Crippen LogP contribution in [0.4, 0.5) is 0 Å². The minimum absolute atomic E-state index is 0.0114. The highest BCUT2D eigenvalue weighted by molar-refractivity contribution is 5.18. The van der Waals surface area contributed by atoms with E-state index in [1.807, 2.05) is 36.4 Å². The van der Waals surface area contributed by atoms with Gasteiger partial charge in [-0.05, 0) is 11.8 Å². The highest BCUT2D eigenvalue weighted by Gasteiger charge is 2.51. The normalized spacial score (nSPS) is 40.9. The lowest BCUT2D eigenvalue weighted by molar-refractivity contribution is -0.322. The molecular weight excluding hydrogens is 252 g/mol. The molecule has 20 heavy (non-hydrogen) atoms. The summed E-state index contributed by atoms with van der Waals surface area (Å²) in [6.07, 6.45) is 1.52. The molecule has 2 aliphatic rings. The van der Waals surface area contributed by atoms with Gasteiger partial charge in [0.15, 0.2) is 6.29 Å². The van der Waals surface area contributed by atoms with Gasteiger partial charge in [-0.25, -0.2) is 0 Å². The van der Waals surface area contributed by atoms with Crippen molar-refractivity contribution in [1.29, 1.82) is 0 Å². The average Bonchev–Trinajstić information content (AvgIpc) is 2.52. The van der Waals surface area contributed by atoms with Crippen LogP contribution in [0.2, 0.25) is 0 Å². The third-order valence-electron chi connectivity index (χ3n) is 4.62. The lowest BCUT2D eigenvalue weighted by Gasteiger charge is -2.51. The predicted octanol–water partition coefficient (Wildman–Crippen LogP) is 3.33. The Labute approximate surface area is 120 Å². The monoisotopic (exact) mass is 274 g/mol. The molecule has 0 aliphatic carbocycles. The zero-order valence-electron chi connectivity index (χ0n) is 12.1. The second-order valence-corrected chi connectivity index (χ2v) is 5.92. The summed E-state index contributed by atoms with van der Waals surface area (Å²) < 4.78 is 18.1. The Morgan fingerprint density at radius 1 is 1.25 bits per heavy atom. The molecule has 5 atom stereocenters. The van der Waals surface area contributed by atoms with E-state index in [4.69, 9.17) is 14.2 Å². The molecule has 0 spiro atoms. The van der Waals surface area contributed by atoms with Crippen molar-refractivity contribution in [2.24, 2.45) is 11.8 Å². The maximum Gasteiger partial charge on any atom is 0.184 e. The van der Waals surface area contributed by atoms with E-state index in [-0.39, 0.29) is 12.4 Å². The van der Waals surface area contributed by atoms with Gasteiger partial charge in [0.1, 0.15) is 5.60 Å². The third-order valence-corrected chi connectivity index (χ3v) is 4.62. The van der Waals surface area contributed by atoms with Gasteiger partial charge in [0, 0.05) is 5.56 Å². The van der Waals surface area contributed by atoms with Gasteiger partial charge >= 0.3 is 0 Å². The summed E-state index contributed by atoms with van der Waals surface area (Å²) >= 11 is 0. The Hall–Kier alpha value is -1.16. The van der Waals surface area contributed by atoms with Gasteiger partial charge in [0.05, 0.1) is 19.3 Å². The molecule has 0 bridgehead atoms. The van der Waals surface area contributed by atoms with Crippen LogP contribution in [0.3, 0.4) is 0 Å². The molecule has 2 aliphatic heterocycles. The van der Waals surface area contributed by atoms with E-state index in [9.17, 15) is 0 Å². The van der Waals surface area contributed by atoms with Crippen molar-refractivity contribution < 1.29 is 14.2 Å². The van der Waals surface area contributed by atoms with Crippen LogP contribution in [-0.2, 0) is 14.2 Å². The summed E-state index contributed by atoms with van der Waals surface area (Å²) in [6.45, 7) is 9.59. The molecule has 3 rings (SSSR count). The number of ether oxygens (including phenoxy) is 3. The van der Waals surface area contributed by atoms with Crippen LogP contribution in [0.15, 0.2) is 43.0 Å². The molecule has 0 N–H and O–H groups in total. The number of fused-ring (bicyclic) bond motifs is 1. The Bertz CT molecular complexity index is 472. The first kappa shape index (κ1) is 13.8. The van der Waals surface area contributed by atoms with E-state index in [0.717, 1.165) is 12.2 Å². The minimum Gasteiger partial charge on any atom is -0.365 e. The second kappa shape index (κ2) is 5.32. The molecule has 2 fully saturated rings. The van der Waals surface area contributed by atoms with Gasteiger partial charge in [0.2, 0.25) is 0 Å². The van der Waals surface area contributed by atoms with Gasteiger partial charge in [-0.3, -0.25) is 0 Å². The number of hydrogen-bond acceptors (Lipinski definition) is 3. The van der Waals surface area contributed by atoms with Crippen LogP contribution in [0.1, 0.15) is 25.7 Å². The largest absolute Gasteiger partial charge is 0.365 e. The molecule has 0 amide bonds. The Morgan fingerprint density at radius 3 is 2.70 bits per heavy atom. The van der Waals surface area contributed by atoms with E-state index in [2.05, 4.69) is 20.4 Å². The highest BCUT2D eigenvalue weighted by atomic mass is 16.7. The second-order valence-electron chi connectivity index (χ2n) is 5.92. The standard InChI is InChI=1S/C17H22O3/c1-4-17-11-18-16(14-8-6-5-7-9-14)20-15(17)13(3)12(2)10-19-17/h4-9,12-13,15-16H,1,10-11H2,2-3H3. The highest BCUT2D eigenvalue weighted by Crippen LogP contribution is 2.43. The first-order chi connectivity index (χ1) is 9.66. The zero-order valence-corrected chi connectivity index (χ0v) is 12.1. The van der Waals surface area contributed by atoms with Crippen LogP contribution in [-0.4, -0.2) is 24.9 Å². The molecule has 5 unspecified atom stereocenters. The maximum atomic E-state index is 6.23. The van der Waals surface area contributed by atoms with Crippen molar-refractivity contribution in [3.05, 3.63) is 48.6 Å². The molecule has 0 radical (unpaired) electrons. The minimum atomic E-state index is -0.503. The van der Waals surface area contributed by atoms with Crippen molar-refractivity contribution >= 4 is 0 Å². The molecule has 2 saturated heterocycles. The molecule has 1 aromatic rings. The van der Waals surface area contributed by atoms with Crippen molar-refractivity contribution in [2.45, 2.75) is 31.8 Å². The summed E-state index contributed by atoms with van der Waals surface area (Å²) in [4.78, 5) is 0. The smallest absolute Gasteiger partial charge is 0.184 e. The van der Waals surface area contributed by atoms with E-state index in [1.54, 1.807) is 0 Å². The van der Waals surface area contributed by atoms with Crippen LogP contribution in [0, 0.1) is 11.8 Å². The summed E-state index contributed by atoms with van der Waals surface area (Å²) in [5.74, 6) is 0.888. The van der Waals surface area contributed by atoms with Crippen molar-refractivity contribution in [1.82, 2.24) is 0 Å². The Kier molecular flexibility index (Phi) is 3.67.